The Balaban J connectivity index is 2.45. The fourth-order valence-electron chi connectivity index (χ4n) is 1.68. The van der Waals surface area contributed by atoms with Gasteiger partial charge in [0.1, 0.15) is 5.60 Å². The number of hydrogen-bond donors (Lipinski definition) is 2. The summed E-state index contributed by atoms with van der Waals surface area (Å²) in [6.45, 7) is 5.67. The number of carbonyl (C=O) groups is 1. The predicted molar refractivity (Wildman–Crippen MR) is 85.4 cm³/mol. The van der Waals surface area contributed by atoms with Crippen LogP contribution in [0.25, 0.3) is 6.08 Å². The third-order valence-corrected chi connectivity index (χ3v) is 2.55. The van der Waals surface area contributed by atoms with Gasteiger partial charge in [0.2, 0.25) is 0 Å². The second kappa shape index (κ2) is 7.94. The van der Waals surface area contributed by atoms with Gasteiger partial charge in [0, 0.05) is 6.54 Å². The highest BCUT2D eigenvalue weighted by atomic mass is 19.4. The van der Waals surface area contributed by atoms with Crippen molar-refractivity contribution in [1.82, 2.24) is 5.32 Å². The van der Waals surface area contributed by atoms with Crippen molar-refractivity contribution in [3.63, 3.8) is 0 Å². The van der Waals surface area contributed by atoms with E-state index < -0.39 is 23.8 Å². The molecule has 0 aromatic heterocycles. The molecule has 0 saturated heterocycles. The zero-order valence-electron chi connectivity index (χ0n) is 13.7. The zero-order chi connectivity index (χ0) is 18.4. The number of ether oxygens (including phenoxy) is 2. The number of hydrogen-bond acceptors (Lipinski definition) is 4. The van der Waals surface area contributed by atoms with Crippen molar-refractivity contribution in [2.45, 2.75) is 39.2 Å². The lowest BCUT2D eigenvalue weighted by molar-refractivity contribution is -0.274. The van der Waals surface area contributed by atoms with E-state index in [4.69, 9.17) is 10.5 Å². The highest BCUT2D eigenvalue weighted by Crippen LogP contribution is 2.29. The van der Waals surface area contributed by atoms with Crippen LogP contribution in [0.2, 0.25) is 0 Å². The van der Waals surface area contributed by atoms with Gasteiger partial charge in [0.25, 0.3) is 0 Å². The van der Waals surface area contributed by atoms with Crippen LogP contribution in [0.1, 0.15) is 32.8 Å². The number of nitrogen functional groups attached to an aromatic ring is 1. The van der Waals surface area contributed by atoms with Crippen LogP contribution < -0.4 is 15.8 Å². The van der Waals surface area contributed by atoms with Crippen LogP contribution in [0.15, 0.2) is 24.3 Å². The van der Waals surface area contributed by atoms with Crippen LogP contribution in [-0.2, 0) is 4.74 Å². The van der Waals surface area contributed by atoms with Gasteiger partial charge in [-0.2, -0.15) is 0 Å². The lowest BCUT2D eigenvalue weighted by Gasteiger charge is -2.19. The SMILES string of the molecule is CC(C)(C)OC(=O)NCCC=Cc1ccc(OC(F)(F)F)c(N)c1. The van der Waals surface area contributed by atoms with Crippen LogP contribution in [-0.4, -0.2) is 24.6 Å². The molecule has 1 rings (SSSR count). The quantitative estimate of drug-likeness (QED) is 0.622. The summed E-state index contributed by atoms with van der Waals surface area (Å²) < 4.78 is 45.3. The Morgan fingerprint density at radius 3 is 2.50 bits per heavy atom. The van der Waals surface area contributed by atoms with E-state index in [1.54, 1.807) is 32.9 Å². The molecule has 0 unspecified atom stereocenters. The molecule has 0 aliphatic rings. The Hall–Kier alpha value is -2.38. The zero-order valence-corrected chi connectivity index (χ0v) is 13.7. The summed E-state index contributed by atoms with van der Waals surface area (Å²) >= 11 is 0. The van der Waals surface area contributed by atoms with E-state index in [2.05, 4.69) is 10.1 Å². The van der Waals surface area contributed by atoms with Crippen LogP contribution in [0.5, 0.6) is 5.75 Å². The molecule has 1 aromatic carbocycles. The number of alkyl carbamates (subject to hydrolysis) is 1. The van der Waals surface area contributed by atoms with Gasteiger partial charge in [-0.3, -0.25) is 0 Å². The smallest absolute Gasteiger partial charge is 0.444 e. The largest absolute Gasteiger partial charge is 0.573 e. The number of amides is 1. The molecule has 0 saturated carbocycles. The number of carbonyl (C=O) groups excluding carboxylic acids is 1. The third-order valence-electron chi connectivity index (χ3n) is 2.55. The molecule has 0 radical (unpaired) electrons. The second-order valence-electron chi connectivity index (χ2n) is 5.96. The van der Waals surface area contributed by atoms with Gasteiger partial charge in [-0.15, -0.1) is 13.2 Å². The Morgan fingerprint density at radius 1 is 1.29 bits per heavy atom. The topological polar surface area (TPSA) is 73.6 Å². The molecule has 24 heavy (non-hydrogen) atoms. The van der Waals surface area contributed by atoms with E-state index in [-0.39, 0.29) is 5.69 Å². The molecular weight excluding hydrogens is 325 g/mol. The van der Waals surface area contributed by atoms with Crippen LogP contribution in [0.4, 0.5) is 23.7 Å². The number of nitrogens with one attached hydrogen (secondary N) is 1. The molecule has 0 atom stereocenters. The first-order chi connectivity index (χ1) is 11.0. The van der Waals surface area contributed by atoms with Crippen molar-refractivity contribution < 1.29 is 27.4 Å². The maximum Gasteiger partial charge on any atom is 0.573 e. The first-order valence-electron chi connectivity index (χ1n) is 7.25. The standard InChI is InChI=1S/C16H21F3N2O3/c1-15(2,3)24-14(22)21-9-5-4-6-11-7-8-13(12(20)10-11)23-16(17,18)19/h4,6-8,10H,5,9,20H2,1-3H3,(H,21,22). The Kier molecular flexibility index (Phi) is 6.51. The Labute approximate surface area is 138 Å². The van der Waals surface area contributed by atoms with Crippen molar-refractivity contribution in [1.29, 1.82) is 0 Å². The summed E-state index contributed by atoms with van der Waals surface area (Å²) in [6, 6.07) is 3.98. The monoisotopic (exact) mass is 346 g/mol. The number of halogens is 3. The lowest BCUT2D eigenvalue weighted by atomic mass is 10.1. The van der Waals surface area contributed by atoms with Gasteiger partial charge in [0.15, 0.2) is 5.75 Å². The van der Waals surface area contributed by atoms with E-state index >= 15 is 0 Å². The Bertz CT molecular complexity index is 593. The molecule has 1 amide bonds. The summed E-state index contributed by atoms with van der Waals surface area (Å²) in [7, 11) is 0. The van der Waals surface area contributed by atoms with Crippen molar-refractivity contribution in [2.24, 2.45) is 0 Å². The first-order valence-corrected chi connectivity index (χ1v) is 7.25. The summed E-state index contributed by atoms with van der Waals surface area (Å²) in [5.74, 6) is -0.439. The minimum absolute atomic E-state index is 0.110. The molecule has 5 nitrogen and oxygen atoms in total. The summed E-state index contributed by atoms with van der Waals surface area (Å²) in [4.78, 5) is 11.4. The number of benzene rings is 1. The molecule has 134 valence electrons. The second-order valence-corrected chi connectivity index (χ2v) is 5.96. The van der Waals surface area contributed by atoms with E-state index in [9.17, 15) is 18.0 Å². The van der Waals surface area contributed by atoms with Crippen molar-refractivity contribution in [3.8, 4) is 5.75 Å². The van der Waals surface area contributed by atoms with Crippen molar-refractivity contribution in [2.75, 3.05) is 12.3 Å². The minimum atomic E-state index is -4.78. The predicted octanol–water partition coefficient (Wildman–Crippen LogP) is 4.10. The molecule has 1 aromatic rings. The highest BCUT2D eigenvalue weighted by molar-refractivity contribution is 5.67. The highest BCUT2D eigenvalue weighted by Gasteiger charge is 2.31. The number of anilines is 1. The first kappa shape index (κ1) is 19.7. The fraction of sp³-hybridized carbons (Fsp3) is 0.438. The van der Waals surface area contributed by atoms with Crippen molar-refractivity contribution in [3.05, 3.63) is 29.8 Å². The maximum absolute atomic E-state index is 12.1. The maximum atomic E-state index is 12.1. The fourth-order valence-corrected chi connectivity index (χ4v) is 1.68. The molecule has 0 heterocycles. The van der Waals surface area contributed by atoms with Gasteiger partial charge in [-0.25, -0.2) is 4.79 Å². The molecule has 0 aliphatic heterocycles. The minimum Gasteiger partial charge on any atom is -0.444 e. The molecule has 8 heteroatoms. The molecule has 0 aliphatic carbocycles. The van der Waals surface area contributed by atoms with E-state index in [1.807, 2.05) is 0 Å². The molecule has 3 N–H and O–H groups in total. The van der Waals surface area contributed by atoms with Crippen LogP contribution in [0, 0.1) is 0 Å². The van der Waals surface area contributed by atoms with Crippen LogP contribution >= 0.6 is 0 Å². The average Bonchev–Trinajstić information content (AvgIpc) is 2.38. The molecule has 0 fully saturated rings. The number of nitrogens with two attached hydrogens (primary N) is 1. The number of rotatable bonds is 5. The lowest BCUT2D eigenvalue weighted by Crippen LogP contribution is -2.32. The average molecular weight is 346 g/mol. The molecule has 0 bridgehead atoms. The van der Waals surface area contributed by atoms with Gasteiger partial charge >= 0.3 is 12.5 Å². The van der Waals surface area contributed by atoms with Gasteiger partial charge in [-0.1, -0.05) is 18.2 Å². The summed E-state index contributed by atoms with van der Waals surface area (Å²) in [5.41, 5.74) is 5.48. The molecule has 0 spiro atoms. The summed E-state index contributed by atoms with van der Waals surface area (Å²) in [5, 5.41) is 2.59. The van der Waals surface area contributed by atoms with Gasteiger partial charge in [0.05, 0.1) is 5.69 Å². The van der Waals surface area contributed by atoms with E-state index in [0.717, 1.165) is 6.07 Å². The van der Waals surface area contributed by atoms with E-state index in [0.29, 0.717) is 18.5 Å². The summed E-state index contributed by atoms with van der Waals surface area (Å²) in [6.07, 6.45) is -1.31. The van der Waals surface area contributed by atoms with Crippen molar-refractivity contribution >= 4 is 17.9 Å². The van der Waals surface area contributed by atoms with Gasteiger partial charge < -0.3 is 20.5 Å². The normalized spacial score (nSPS) is 12.2. The van der Waals surface area contributed by atoms with Crippen LogP contribution in [0.3, 0.4) is 0 Å². The third kappa shape index (κ3) is 8.30. The number of alkyl halides is 3. The molecular formula is C16H21F3N2O3. The Morgan fingerprint density at radius 2 is 1.96 bits per heavy atom. The van der Waals surface area contributed by atoms with E-state index in [1.165, 1.54) is 12.1 Å². The van der Waals surface area contributed by atoms with Gasteiger partial charge in [-0.05, 0) is 44.9 Å².